The van der Waals surface area contributed by atoms with Crippen LogP contribution in [0.4, 0.5) is 5.69 Å². The summed E-state index contributed by atoms with van der Waals surface area (Å²) in [5.41, 5.74) is 2.79. The molecule has 0 spiro atoms. The van der Waals surface area contributed by atoms with Gasteiger partial charge in [0.25, 0.3) is 5.91 Å². The topological polar surface area (TPSA) is 66.9 Å². The Balaban J connectivity index is 1.70. The van der Waals surface area contributed by atoms with Crippen molar-refractivity contribution in [3.63, 3.8) is 0 Å². The van der Waals surface area contributed by atoms with E-state index in [4.69, 9.17) is 0 Å². The normalized spacial score (nSPS) is 18.0. The number of nitrogens with two attached hydrogens (primary N) is 1. The number of anilines is 1. The van der Waals surface area contributed by atoms with Crippen LogP contribution in [-0.2, 0) is 16.1 Å². The number of pyridine rings is 1. The van der Waals surface area contributed by atoms with Crippen molar-refractivity contribution in [3.05, 3.63) is 59.9 Å². The van der Waals surface area contributed by atoms with Gasteiger partial charge in [-0.1, -0.05) is 23.8 Å². The quantitative estimate of drug-likeness (QED) is 0.848. The van der Waals surface area contributed by atoms with E-state index in [1.165, 1.54) is 4.90 Å². The Hall–Kier alpha value is -2.53. The Bertz CT molecular complexity index is 683. The number of benzene rings is 1. The molecule has 1 aliphatic heterocycles. The third-order valence-electron chi connectivity index (χ3n) is 3.83. The van der Waals surface area contributed by atoms with Gasteiger partial charge in [0.1, 0.15) is 6.54 Å². The molecule has 0 saturated carbocycles. The predicted octanol–water partition coefficient (Wildman–Crippen LogP) is 0.786. The number of hydrogen-bond acceptors (Lipinski definition) is 3. The summed E-state index contributed by atoms with van der Waals surface area (Å²) in [5, 5.41) is 1.91. The number of aryl methyl sites for hydroxylation is 1. The summed E-state index contributed by atoms with van der Waals surface area (Å²) in [6.07, 6.45) is 3.73. The summed E-state index contributed by atoms with van der Waals surface area (Å²) in [6, 6.07) is 10.9. The first-order valence-electron chi connectivity index (χ1n) is 7.31. The highest BCUT2D eigenvalue weighted by atomic mass is 16.2. The van der Waals surface area contributed by atoms with E-state index in [1.54, 1.807) is 12.4 Å². The molecule has 1 unspecified atom stereocenters. The second-order valence-electron chi connectivity index (χ2n) is 5.51. The lowest BCUT2D eigenvalue weighted by Crippen LogP contribution is -2.90. The van der Waals surface area contributed by atoms with Crippen molar-refractivity contribution in [2.24, 2.45) is 0 Å². The molecule has 1 atom stereocenters. The molecule has 0 aliphatic carbocycles. The van der Waals surface area contributed by atoms with Gasteiger partial charge in [-0.25, -0.2) is 4.90 Å². The first-order valence-corrected chi connectivity index (χ1v) is 7.31. The molecule has 2 N–H and O–H groups in total. The predicted molar refractivity (Wildman–Crippen MR) is 81.9 cm³/mol. The molecule has 3 rings (SSSR count). The van der Waals surface area contributed by atoms with E-state index in [9.17, 15) is 9.59 Å². The fraction of sp³-hybridized carbons (Fsp3) is 0.235. The van der Waals surface area contributed by atoms with Gasteiger partial charge >= 0.3 is 0 Å². The molecule has 1 aliphatic rings. The van der Waals surface area contributed by atoms with E-state index < -0.39 is 0 Å². The number of carbonyl (C=O) groups excluding carboxylic acids is 2. The van der Waals surface area contributed by atoms with Gasteiger partial charge in [-0.15, -0.1) is 0 Å². The van der Waals surface area contributed by atoms with Crippen molar-refractivity contribution < 1.29 is 14.9 Å². The second-order valence-corrected chi connectivity index (χ2v) is 5.51. The lowest BCUT2D eigenvalue weighted by molar-refractivity contribution is -0.690. The first-order chi connectivity index (χ1) is 10.6. The molecule has 22 heavy (non-hydrogen) atoms. The minimum absolute atomic E-state index is 0.138. The van der Waals surface area contributed by atoms with E-state index >= 15 is 0 Å². The SMILES string of the molecule is Cc1ccc(N2C(=O)CC([NH2+]Cc3cccnc3)C2=O)cc1. The zero-order valence-electron chi connectivity index (χ0n) is 12.4. The number of hydrogen-bond donors (Lipinski definition) is 1. The number of amides is 2. The van der Waals surface area contributed by atoms with Crippen LogP contribution in [0.3, 0.4) is 0 Å². The van der Waals surface area contributed by atoms with Gasteiger partial charge in [0, 0.05) is 18.0 Å². The van der Waals surface area contributed by atoms with Crippen LogP contribution in [0, 0.1) is 6.92 Å². The molecule has 1 saturated heterocycles. The lowest BCUT2D eigenvalue weighted by Gasteiger charge is -2.14. The molecule has 2 heterocycles. The smallest absolute Gasteiger partial charge is 0.292 e. The molecule has 1 aromatic heterocycles. The summed E-state index contributed by atoms with van der Waals surface area (Å²) in [6.45, 7) is 2.61. The van der Waals surface area contributed by atoms with Crippen molar-refractivity contribution in [2.75, 3.05) is 4.90 Å². The number of imide groups is 1. The number of nitrogens with zero attached hydrogens (tertiary/aromatic N) is 2. The standard InChI is InChI=1S/C17H17N3O2/c1-12-4-6-14(7-5-12)20-16(21)9-15(17(20)22)19-11-13-3-2-8-18-10-13/h2-8,10,15,19H,9,11H2,1H3/p+1. The zero-order valence-corrected chi connectivity index (χ0v) is 12.4. The first kappa shape index (κ1) is 14.4. The van der Waals surface area contributed by atoms with Crippen molar-refractivity contribution in [2.45, 2.75) is 25.9 Å². The van der Waals surface area contributed by atoms with Gasteiger partial charge in [0.2, 0.25) is 5.91 Å². The Morgan fingerprint density at radius 2 is 2.00 bits per heavy atom. The van der Waals surface area contributed by atoms with Crippen molar-refractivity contribution in [1.82, 2.24) is 4.98 Å². The van der Waals surface area contributed by atoms with Crippen molar-refractivity contribution in [1.29, 1.82) is 0 Å². The Morgan fingerprint density at radius 1 is 1.23 bits per heavy atom. The van der Waals surface area contributed by atoms with E-state index in [0.717, 1.165) is 11.1 Å². The summed E-state index contributed by atoms with van der Waals surface area (Å²) < 4.78 is 0. The van der Waals surface area contributed by atoms with Crippen molar-refractivity contribution in [3.8, 4) is 0 Å². The summed E-state index contributed by atoms with van der Waals surface area (Å²) >= 11 is 0. The van der Waals surface area contributed by atoms with Crippen LogP contribution < -0.4 is 10.2 Å². The summed E-state index contributed by atoms with van der Waals surface area (Å²) in [7, 11) is 0. The third-order valence-corrected chi connectivity index (χ3v) is 3.83. The van der Waals surface area contributed by atoms with Gasteiger partial charge < -0.3 is 5.32 Å². The summed E-state index contributed by atoms with van der Waals surface area (Å²) in [4.78, 5) is 30.0. The van der Waals surface area contributed by atoms with Crippen LogP contribution in [0.15, 0.2) is 48.8 Å². The molecule has 112 valence electrons. The Kier molecular flexibility index (Phi) is 3.98. The number of carbonyl (C=O) groups is 2. The second kappa shape index (κ2) is 6.07. The molecule has 5 heteroatoms. The van der Waals surface area contributed by atoms with Crippen LogP contribution in [-0.4, -0.2) is 22.8 Å². The maximum atomic E-state index is 12.5. The molecule has 1 aromatic carbocycles. The highest BCUT2D eigenvalue weighted by Crippen LogP contribution is 2.21. The monoisotopic (exact) mass is 296 g/mol. The van der Waals surface area contributed by atoms with Gasteiger partial charge in [-0.2, -0.15) is 0 Å². The lowest BCUT2D eigenvalue weighted by atomic mass is 10.2. The molecular formula is C17H18N3O2+. The molecule has 5 nitrogen and oxygen atoms in total. The van der Waals surface area contributed by atoms with E-state index in [1.807, 2.05) is 48.6 Å². The van der Waals surface area contributed by atoms with Crippen LogP contribution in [0.25, 0.3) is 0 Å². The largest absolute Gasteiger partial charge is 0.332 e. The van der Waals surface area contributed by atoms with Gasteiger partial charge in [0.15, 0.2) is 6.04 Å². The average Bonchev–Trinajstić information content (AvgIpc) is 2.82. The maximum Gasteiger partial charge on any atom is 0.292 e. The molecule has 0 bridgehead atoms. The number of aromatic nitrogens is 1. The minimum Gasteiger partial charge on any atom is -0.332 e. The van der Waals surface area contributed by atoms with Gasteiger partial charge in [-0.05, 0) is 25.1 Å². The molecule has 1 fully saturated rings. The molecule has 2 amide bonds. The van der Waals surface area contributed by atoms with Crippen molar-refractivity contribution >= 4 is 17.5 Å². The Labute approximate surface area is 129 Å². The van der Waals surface area contributed by atoms with E-state index in [0.29, 0.717) is 12.2 Å². The number of rotatable bonds is 4. The molecule has 2 aromatic rings. The third kappa shape index (κ3) is 2.89. The fourth-order valence-corrected chi connectivity index (χ4v) is 2.60. The van der Waals surface area contributed by atoms with Crippen LogP contribution in [0.1, 0.15) is 17.5 Å². The van der Waals surface area contributed by atoms with Crippen LogP contribution >= 0.6 is 0 Å². The highest BCUT2D eigenvalue weighted by Gasteiger charge is 2.42. The van der Waals surface area contributed by atoms with E-state index in [-0.39, 0.29) is 24.3 Å². The van der Waals surface area contributed by atoms with Gasteiger partial charge in [0.05, 0.1) is 12.1 Å². The Morgan fingerprint density at radius 3 is 2.68 bits per heavy atom. The average molecular weight is 296 g/mol. The highest BCUT2D eigenvalue weighted by molar-refractivity contribution is 6.21. The summed E-state index contributed by atoms with van der Waals surface area (Å²) in [5.74, 6) is -0.279. The van der Waals surface area contributed by atoms with Crippen LogP contribution in [0.5, 0.6) is 0 Å². The minimum atomic E-state index is -0.353. The number of quaternary nitrogens is 1. The maximum absolute atomic E-state index is 12.5. The fourth-order valence-electron chi connectivity index (χ4n) is 2.60. The molecular weight excluding hydrogens is 278 g/mol. The van der Waals surface area contributed by atoms with Gasteiger partial charge in [-0.3, -0.25) is 14.6 Å². The van der Waals surface area contributed by atoms with Crippen LogP contribution in [0.2, 0.25) is 0 Å². The molecule has 0 radical (unpaired) electrons. The van der Waals surface area contributed by atoms with E-state index in [2.05, 4.69) is 4.98 Å². The zero-order chi connectivity index (χ0) is 15.5.